The third kappa shape index (κ3) is 3.95. The van der Waals surface area contributed by atoms with Crippen molar-refractivity contribution in [2.75, 3.05) is 10.6 Å². The zero-order chi connectivity index (χ0) is 16.8. The van der Waals surface area contributed by atoms with E-state index in [1.54, 1.807) is 36.5 Å². The molecule has 0 spiro atoms. The number of para-hydroxylation sites is 1. The third-order valence-corrected chi connectivity index (χ3v) is 3.47. The maximum Gasteiger partial charge on any atom is 0.274 e. The monoisotopic (exact) mass is 321 g/mol. The molecule has 0 bridgehead atoms. The number of nitrogens with one attached hydrogen (secondary N) is 2. The molecule has 5 heteroatoms. The summed E-state index contributed by atoms with van der Waals surface area (Å²) in [6, 6.07) is 19.1. The zero-order valence-electron chi connectivity index (χ0n) is 12.9. The van der Waals surface area contributed by atoms with Crippen LogP contribution in [0.25, 0.3) is 0 Å². The smallest absolute Gasteiger partial charge is 0.274 e. The highest BCUT2D eigenvalue weighted by Crippen LogP contribution is 2.12. The van der Waals surface area contributed by atoms with Gasteiger partial charge >= 0.3 is 0 Å². The van der Waals surface area contributed by atoms with Crippen LogP contribution >= 0.6 is 0 Å². The van der Waals surface area contributed by atoms with Gasteiger partial charge in [-0.2, -0.15) is 0 Å². The third-order valence-electron chi connectivity index (χ3n) is 3.47. The summed E-state index contributed by atoms with van der Waals surface area (Å²) >= 11 is 0. The summed E-state index contributed by atoms with van der Waals surface area (Å²) in [4.78, 5) is 16.2. The number of hydrogen-bond acceptors (Lipinski definition) is 3. The fraction of sp³-hybridized carbons (Fsp3) is 0.0526. The molecule has 0 saturated heterocycles. The standard InChI is InChI=1S/C19H16FN3O/c20-17-9-5-4-6-14(17)12-21-16-10-11-18(22-13-16)19(24)23-15-7-2-1-3-8-15/h1-11,13,21H,12H2,(H,23,24). The van der Waals surface area contributed by atoms with Crippen molar-refractivity contribution in [3.8, 4) is 0 Å². The van der Waals surface area contributed by atoms with Gasteiger partial charge in [0.05, 0.1) is 11.9 Å². The lowest BCUT2D eigenvalue weighted by atomic mass is 10.2. The molecule has 0 aliphatic rings. The summed E-state index contributed by atoms with van der Waals surface area (Å²) in [5.41, 5.74) is 2.32. The molecular formula is C19H16FN3O. The molecule has 0 fully saturated rings. The van der Waals surface area contributed by atoms with Gasteiger partial charge in [0.25, 0.3) is 5.91 Å². The summed E-state index contributed by atoms with van der Waals surface area (Å²) in [6.45, 7) is 0.351. The van der Waals surface area contributed by atoms with Crippen molar-refractivity contribution in [3.63, 3.8) is 0 Å². The predicted molar refractivity (Wildman–Crippen MR) is 92.4 cm³/mol. The van der Waals surface area contributed by atoms with E-state index in [-0.39, 0.29) is 11.7 Å². The molecule has 1 aromatic heterocycles. The summed E-state index contributed by atoms with van der Waals surface area (Å²) in [5.74, 6) is -0.529. The lowest BCUT2D eigenvalue weighted by Crippen LogP contribution is -2.13. The highest BCUT2D eigenvalue weighted by Gasteiger charge is 2.07. The Bertz CT molecular complexity index is 820. The lowest BCUT2D eigenvalue weighted by molar-refractivity contribution is 0.102. The van der Waals surface area contributed by atoms with Crippen LogP contribution in [0.3, 0.4) is 0 Å². The first-order chi connectivity index (χ1) is 11.7. The quantitative estimate of drug-likeness (QED) is 0.744. The highest BCUT2D eigenvalue weighted by atomic mass is 19.1. The molecule has 0 unspecified atom stereocenters. The highest BCUT2D eigenvalue weighted by molar-refractivity contribution is 6.02. The number of anilines is 2. The molecule has 0 radical (unpaired) electrons. The summed E-state index contributed by atoms with van der Waals surface area (Å²) < 4.78 is 13.6. The fourth-order valence-corrected chi connectivity index (χ4v) is 2.19. The second kappa shape index (κ2) is 7.37. The Hall–Kier alpha value is -3.21. The SMILES string of the molecule is O=C(Nc1ccccc1)c1ccc(NCc2ccccc2F)cn1. The first kappa shape index (κ1) is 15.7. The van der Waals surface area contributed by atoms with Crippen molar-refractivity contribution in [2.45, 2.75) is 6.54 Å². The van der Waals surface area contributed by atoms with E-state index in [2.05, 4.69) is 15.6 Å². The van der Waals surface area contributed by atoms with E-state index in [9.17, 15) is 9.18 Å². The predicted octanol–water partition coefficient (Wildman–Crippen LogP) is 4.09. The van der Waals surface area contributed by atoms with Gasteiger partial charge in [0.15, 0.2) is 0 Å². The van der Waals surface area contributed by atoms with Crippen molar-refractivity contribution in [2.24, 2.45) is 0 Å². The number of hydrogen-bond donors (Lipinski definition) is 2. The van der Waals surface area contributed by atoms with Gasteiger partial charge in [-0.15, -0.1) is 0 Å². The van der Waals surface area contributed by atoms with E-state index in [4.69, 9.17) is 0 Å². The Morgan fingerprint density at radius 3 is 2.38 bits per heavy atom. The van der Waals surface area contributed by atoms with Crippen LogP contribution in [0, 0.1) is 5.82 Å². The maximum atomic E-state index is 13.6. The average Bonchev–Trinajstić information content (AvgIpc) is 2.62. The van der Waals surface area contributed by atoms with E-state index >= 15 is 0 Å². The van der Waals surface area contributed by atoms with Crippen LogP contribution in [-0.2, 0) is 6.54 Å². The van der Waals surface area contributed by atoms with Crippen LogP contribution in [-0.4, -0.2) is 10.9 Å². The van der Waals surface area contributed by atoms with Gasteiger partial charge in [0.2, 0.25) is 0 Å². The molecule has 4 nitrogen and oxygen atoms in total. The van der Waals surface area contributed by atoms with Crippen molar-refractivity contribution >= 4 is 17.3 Å². The molecule has 0 aliphatic heterocycles. The van der Waals surface area contributed by atoms with Gasteiger partial charge in [0, 0.05) is 17.8 Å². The summed E-state index contributed by atoms with van der Waals surface area (Å²) in [6.07, 6.45) is 1.56. The van der Waals surface area contributed by atoms with Gasteiger partial charge in [0.1, 0.15) is 11.5 Å². The molecule has 1 amide bonds. The van der Waals surface area contributed by atoms with Crippen LogP contribution < -0.4 is 10.6 Å². The minimum Gasteiger partial charge on any atom is -0.380 e. The average molecular weight is 321 g/mol. The van der Waals surface area contributed by atoms with Crippen LogP contribution in [0.1, 0.15) is 16.1 Å². The molecule has 3 aromatic rings. The van der Waals surface area contributed by atoms with Crippen molar-refractivity contribution in [1.82, 2.24) is 4.98 Å². The number of pyridine rings is 1. The minimum atomic E-state index is -0.276. The fourth-order valence-electron chi connectivity index (χ4n) is 2.19. The summed E-state index contributed by atoms with van der Waals surface area (Å²) in [7, 11) is 0. The number of rotatable bonds is 5. The van der Waals surface area contributed by atoms with Gasteiger partial charge in [-0.05, 0) is 30.3 Å². The number of carbonyl (C=O) groups is 1. The number of benzene rings is 2. The lowest BCUT2D eigenvalue weighted by Gasteiger charge is -2.08. The molecule has 1 heterocycles. The Labute approximate surface area is 139 Å². The Kier molecular flexibility index (Phi) is 4.81. The molecule has 2 aromatic carbocycles. The number of aromatic nitrogens is 1. The van der Waals surface area contributed by atoms with Crippen LogP contribution in [0.4, 0.5) is 15.8 Å². The van der Waals surface area contributed by atoms with Crippen molar-refractivity contribution in [1.29, 1.82) is 0 Å². The second-order valence-corrected chi connectivity index (χ2v) is 5.20. The second-order valence-electron chi connectivity index (χ2n) is 5.20. The molecule has 2 N–H and O–H groups in total. The number of amides is 1. The molecule has 0 atom stereocenters. The first-order valence-corrected chi connectivity index (χ1v) is 7.52. The maximum absolute atomic E-state index is 13.6. The van der Waals surface area contributed by atoms with Crippen LogP contribution in [0.2, 0.25) is 0 Å². The molecule has 24 heavy (non-hydrogen) atoms. The Balaban J connectivity index is 1.61. The van der Waals surface area contributed by atoms with Crippen LogP contribution in [0.5, 0.6) is 0 Å². The topological polar surface area (TPSA) is 54.0 Å². The van der Waals surface area contributed by atoms with Gasteiger partial charge < -0.3 is 10.6 Å². The van der Waals surface area contributed by atoms with Crippen molar-refractivity contribution < 1.29 is 9.18 Å². The van der Waals surface area contributed by atoms with Gasteiger partial charge in [-0.25, -0.2) is 9.37 Å². The van der Waals surface area contributed by atoms with E-state index < -0.39 is 0 Å². The largest absolute Gasteiger partial charge is 0.380 e. The normalized spacial score (nSPS) is 10.2. The molecule has 0 aliphatic carbocycles. The molecule has 120 valence electrons. The van der Waals surface area contributed by atoms with E-state index in [1.165, 1.54) is 6.07 Å². The van der Waals surface area contributed by atoms with Crippen LogP contribution in [0.15, 0.2) is 72.9 Å². The van der Waals surface area contributed by atoms with Crippen molar-refractivity contribution in [3.05, 3.63) is 90.0 Å². The van der Waals surface area contributed by atoms with Gasteiger partial charge in [-0.1, -0.05) is 36.4 Å². The molecule has 3 rings (SSSR count). The van der Waals surface area contributed by atoms with E-state index in [0.717, 1.165) is 5.69 Å². The number of carbonyl (C=O) groups excluding carboxylic acids is 1. The van der Waals surface area contributed by atoms with Gasteiger partial charge in [-0.3, -0.25) is 4.79 Å². The first-order valence-electron chi connectivity index (χ1n) is 7.52. The Morgan fingerprint density at radius 2 is 1.67 bits per heavy atom. The Morgan fingerprint density at radius 1 is 0.917 bits per heavy atom. The minimum absolute atomic E-state index is 0.253. The van der Waals surface area contributed by atoms with E-state index in [0.29, 0.717) is 23.5 Å². The van der Waals surface area contributed by atoms with E-state index in [1.807, 2.05) is 30.3 Å². The summed E-state index contributed by atoms with van der Waals surface area (Å²) in [5, 5.41) is 5.85. The zero-order valence-corrected chi connectivity index (χ0v) is 12.9. The number of halogens is 1. The molecular weight excluding hydrogens is 305 g/mol. The number of nitrogens with zero attached hydrogens (tertiary/aromatic N) is 1. The molecule has 0 saturated carbocycles.